The van der Waals surface area contributed by atoms with Gasteiger partial charge in [0.15, 0.2) is 0 Å². The van der Waals surface area contributed by atoms with E-state index in [2.05, 4.69) is 24.7 Å². The maximum absolute atomic E-state index is 13.9. The van der Waals surface area contributed by atoms with E-state index in [9.17, 15) is 27.1 Å². The number of carboxylic acids is 1. The van der Waals surface area contributed by atoms with Gasteiger partial charge in [0.2, 0.25) is 0 Å². The third-order valence-electron chi connectivity index (χ3n) is 11.3. The summed E-state index contributed by atoms with van der Waals surface area (Å²) in [6.45, 7) is 7.44. The summed E-state index contributed by atoms with van der Waals surface area (Å²) >= 11 is 1.65. The second-order valence-corrected chi connectivity index (χ2v) is 18.7. The van der Waals surface area contributed by atoms with Gasteiger partial charge in [-0.15, -0.1) is 11.8 Å². The molecule has 10 nitrogen and oxygen atoms in total. The van der Waals surface area contributed by atoms with Crippen LogP contribution in [0.15, 0.2) is 125 Å². The molecule has 0 aliphatic carbocycles. The highest BCUT2D eigenvalue weighted by Crippen LogP contribution is 2.40. The zero-order valence-corrected chi connectivity index (χ0v) is 37.2. The minimum Gasteiger partial charge on any atom is -0.478 e. The highest BCUT2D eigenvalue weighted by molar-refractivity contribution is 7.99. The van der Waals surface area contributed by atoms with E-state index in [1.54, 1.807) is 67.2 Å². The Morgan fingerprint density at radius 2 is 1.44 bits per heavy atom. The summed E-state index contributed by atoms with van der Waals surface area (Å²) < 4.78 is 59.0. The van der Waals surface area contributed by atoms with Gasteiger partial charge in [0, 0.05) is 83.9 Å². The number of halogens is 2. The van der Waals surface area contributed by atoms with E-state index in [4.69, 9.17) is 0 Å². The first-order valence-corrected chi connectivity index (χ1v) is 23.0. The predicted molar refractivity (Wildman–Crippen MR) is 249 cm³/mol. The van der Waals surface area contributed by atoms with E-state index >= 15 is 0 Å². The van der Waals surface area contributed by atoms with Crippen molar-refractivity contribution in [2.75, 3.05) is 72.4 Å². The number of rotatable bonds is 16. The molecule has 324 valence electrons. The summed E-state index contributed by atoms with van der Waals surface area (Å²) in [5, 5.41) is 13.9. The lowest BCUT2D eigenvalue weighted by molar-refractivity contribution is 0.0696. The van der Waals surface area contributed by atoms with E-state index in [0.29, 0.717) is 22.6 Å². The average Bonchev–Trinajstić information content (AvgIpc) is 3.53. The lowest BCUT2D eigenvalue weighted by atomic mass is 9.96. The lowest BCUT2D eigenvalue weighted by Crippen LogP contribution is -2.46. The first-order valence-electron chi connectivity index (χ1n) is 20.5. The molecule has 3 N–H and O–H groups in total. The molecule has 0 unspecified atom stereocenters. The number of benzene rings is 5. The Bertz CT molecular complexity index is 2630. The van der Waals surface area contributed by atoms with Crippen molar-refractivity contribution in [1.82, 2.24) is 9.47 Å². The van der Waals surface area contributed by atoms with Gasteiger partial charge in [-0.1, -0.05) is 12.1 Å². The highest BCUT2D eigenvalue weighted by atomic mass is 32.2. The minimum absolute atomic E-state index is 0.0982. The van der Waals surface area contributed by atoms with Gasteiger partial charge in [-0.3, -0.25) is 4.72 Å². The summed E-state index contributed by atoms with van der Waals surface area (Å²) in [4.78, 5) is 20.4. The van der Waals surface area contributed by atoms with Crippen LogP contribution in [0.2, 0.25) is 0 Å². The van der Waals surface area contributed by atoms with Crippen LogP contribution in [-0.4, -0.2) is 87.6 Å². The van der Waals surface area contributed by atoms with E-state index in [0.717, 1.165) is 83.5 Å². The number of thioether (sulfide) groups is 1. The standard InChI is InChI=1S/C48H52F2N6O4S2/c1-32-29-43(21-22-44(32)51-39(23-24-53(3)4)31-61-42-19-13-37(50)14-20-42)62(59,60)52-38-15-17-40(18-16-38)55-25-27-56(28-26-55)41-8-6-7-35(30-41)46-45(48(57)58)33(2)54(5)47(46)34-9-11-36(49)12-10-34/h6-22,29-30,39,51-52H,23-28,31H2,1-5H3,(H,57,58)/t39-/m1/s1. The van der Waals surface area contributed by atoms with Crippen LogP contribution in [0.3, 0.4) is 0 Å². The Labute approximate surface area is 367 Å². The van der Waals surface area contributed by atoms with Gasteiger partial charge in [0.05, 0.1) is 16.2 Å². The van der Waals surface area contributed by atoms with Crippen LogP contribution in [0, 0.1) is 25.5 Å². The fraction of sp³-hybridized carbons (Fsp3) is 0.271. The molecule has 1 fully saturated rings. The maximum Gasteiger partial charge on any atom is 0.338 e. The molecule has 6 aromatic rings. The highest BCUT2D eigenvalue weighted by Gasteiger charge is 2.27. The molecule has 1 saturated heterocycles. The molecule has 1 aromatic heterocycles. The topological polar surface area (TPSA) is 110 Å². The van der Waals surface area contributed by atoms with E-state index in [1.165, 1.54) is 24.3 Å². The van der Waals surface area contributed by atoms with Crippen molar-refractivity contribution >= 4 is 50.5 Å². The van der Waals surface area contributed by atoms with Crippen molar-refractivity contribution < 1.29 is 27.1 Å². The number of carbonyl (C=O) groups is 1. The molecule has 1 aliphatic heterocycles. The van der Waals surface area contributed by atoms with Gasteiger partial charge >= 0.3 is 5.97 Å². The van der Waals surface area contributed by atoms with Crippen LogP contribution in [-0.2, 0) is 17.1 Å². The van der Waals surface area contributed by atoms with Gasteiger partial charge in [0.1, 0.15) is 11.6 Å². The quantitative estimate of drug-likeness (QED) is 0.0820. The maximum atomic E-state index is 13.9. The molecule has 0 amide bonds. The van der Waals surface area contributed by atoms with Gasteiger partial charge in [0.25, 0.3) is 10.0 Å². The number of nitrogens with one attached hydrogen (secondary N) is 2. The van der Waals surface area contributed by atoms with Crippen molar-refractivity contribution in [2.45, 2.75) is 36.1 Å². The Morgan fingerprint density at radius 1 is 0.806 bits per heavy atom. The number of nitrogens with zero attached hydrogens (tertiary/aromatic N) is 4. The van der Waals surface area contributed by atoms with Crippen molar-refractivity contribution in [2.24, 2.45) is 7.05 Å². The normalized spacial score (nSPS) is 13.7. The number of hydrogen-bond donors (Lipinski definition) is 3. The van der Waals surface area contributed by atoms with E-state index in [-0.39, 0.29) is 28.1 Å². The summed E-state index contributed by atoms with van der Waals surface area (Å²) in [7, 11) is 2.02. The number of aromatic carboxylic acids is 1. The minimum atomic E-state index is -3.87. The Balaban J connectivity index is 0.984. The first kappa shape index (κ1) is 44.2. The zero-order valence-electron chi connectivity index (χ0n) is 35.5. The second kappa shape index (κ2) is 19.1. The third kappa shape index (κ3) is 10.3. The van der Waals surface area contributed by atoms with Crippen molar-refractivity contribution in [1.29, 1.82) is 0 Å². The van der Waals surface area contributed by atoms with E-state index < -0.39 is 16.0 Å². The Kier molecular flexibility index (Phi) is 13.6. The smallest absolute Gasteiger partial charge is 0.338 e. The Hall–Kier alpha value is -5.83. The summed E-state index contributed by atoms with van der Waals surface area (Å²) in [6.07, 6.45) is 0.870. The molecule has 0 radical (unpaired) electrons. The summed E-state index contributed by atoms with van der Waals surface area (Å²) in [5.41, 5.74) is 7.71. The fourth-order valence-corrected chi connectivity index (χ4v) is 9.97. The molecular weight excluding hydrogens is 827 g/mol. The molecule has 1 atom stereocenters. The van der Waals surface area contributed by atoms with Crippen LogP contribution in [0.5, 0.6) is 0 Å². The first-order chi connectivity index (χ1) is 29.7. The third-order valence-corrected chi connectivity index (χ3v) is 13.9. The number of aromatic nitrogens is 1. The molecule has 0 saturated carbocycles. The SMILES string of the molecule is Cc1cc(S(=O)(=O)Nc2ccc(N3CCN(c4cccc(-c5c(C(=O)O)c(C)n(C)c5-c5ccc(F)cc5)c4)CC3)cc2)ccc1N[C@H](CCN(C)C)CSc1ccc(F)cc1. The molecule has 0 spiro atoms. The van der Waals surface area contributed by atoms with Gasteiger partial charge < -0.3 is 29.7 Å². The van der Waals surface area contributed by atoms with E-state index in [1.807, 2.05) is 75.1 Å². The molecule has 5 aromatic carbocycles. The zero-order chi connectivity index (χ0) is 44.1. The largest absolute Gasteiger partial charge is 0.478 e. The average molecular weight is 879 g/mol. The second-order valence-electron chi connectivity index (χ2n) is 15.9. The Morgan fingerprint density at radius 3 is 2.05 bits per heavy atom. The number of piperazine rings is 1. The van der Waals surface area contributed by atoms with Crippen LogP contribution in [0.4, 0.5) is 31.5 Å². The van der Waals surface area contributed by atoms with Crippen molar-refractivity contribution in [3.8, 4) is 22.4 Å². The fourth-order valence-electron chi connectivity index (χ4n) is 7.85. The predicted octanol–water partition coefficient (Wildman–Crippen LogP) is 9.60. The molecule has 0 bridgehead atoms. The molecular formula is C48H52F2N6O4S2. The van der Waals surface area contributed by atoms with Crippen LogP contribution in [0.1, 0.15) is 28.0 Å². The lowest BCUT2D eigenvalue weighted by Gasteiger charge is -2.37. The van der Waals surface area contributed by atoms with Crippen molar-refractivity contribution in [3.05, 3.63) is 144 Å². The van der Waals surface area contributed by atoms with Crippen molar-refractivity contribution in [3.63, 3.8) is 0 Å². The van der Waals surface area contributed by atoms with Gasteiger partial charge in [-0.2, -0.15) is 0 Å². The monoisotopic (exact) mass is 878 g/mol. The number of sulfonamides is 1. The number of aryl methyl sites for hydroxylation is 1. The molecule has 1 aliphatic rings. The molecule has 62 heavy (non-hydrogen) atoms. The number of hydrogen-bond acceptors (Lipinski definition) is 8. The van der Waals surface area contributed by atoms with Crippen LogP contribution >= 0.6 is 11.8 Å². The molecule has 2 heterocycles. The van der Waals surface area contributed by atoms with Crippen LogP contribution in [0.25, 0.3) is 22.4 Å². The van der Waals surface area contributed by atoms with Gasteiger partial charge in [-0.05, 0) is 161 Å². The van der Waals surface area contributed by atoms with Crippen LogP contribution < -0.4 is 19.8 Å². The summed E-state index contributed by atoms with van der Waals surface area (Å²) in [5.74, 6) is -0.888. The number of carboxylic acid groups (broad SMARTS) is 1. The van der Waals surface area contributed by atoms with Gasteiger partial charge in [-0.25, -0.2) is 22.0 Å². The molecule has 7 rings (SSSR count). The number of anilines is 4. The summed E-state index contributed by atoms with van der Waals surface area (Å²) in [6, 6.07) is 33.1. The molecule has 14 heteroatoms.